The number of alkyl halides is 3. The van der Waals surface area contributed by atoms with Gasteiger partial charge >= 0.3 is 6.18 Å². The number of hydrogen-bond donors (Lipinski definition) is 1. The lowest BCUT2D eigenvalue weighted by atomic mass is 10.1. The average Bonchev–Trinajstić information content (AvgIpc) is 2.48. The van der Waals surface area contributed by atoms with Gasteiger partial charge in [-0.05, 0) is 63.2 Å². The maximum atomic E-state index is 12.5. The van der Waals surface area contributed by atoms with E-state index in [2.05, 4.69) is 16.5 Å². The summed E-state index contributed by atoms with van der Waals surface area (Å²) in [6, 6.07) is 3.40. The normalized spacial score (nSPS) is 17.5. The highest BCUT2D eigenvalue weighted by Gasteiger charge is 2.31. The summed E-state index contributed by atoms with van der Waals surface area (Å²) >= 11 is 0. The predicted octanol–water partition coefficient (Wildman–Crippen LogP) is 3.28. The lowest BCUT2D eigenvalue weighted by molar-refractivity contribution is -0.137. The summed E-state index contributed by atoms with van der Waals surface area (Å²) in [6.45, 7) is 4.75. The number of sulfonamides is 1. The van der Waals surface area contributed by atoms with E-state index < -0.39 is 21.8 Å². The molecule has 0 saturated carbocycles. The highest BCUT2D eigenvalue weighted by atomic mass is 35.5. The lowest BCUT2D eigenvalue weighted by Crippen LogP contribution is -2.44. The smallest absolute Gasteiger partial charge is 0.303 e. The van der Waals surface area contributed by atoms with Crippen LogP contribution >= 0.6 is 12.4 Å². The molecule has 24 heavy (non-hydrogen) atoms. The minimum Gasteiger partial charge on any atom is -0.303 e. The maximum absolute atomic E-state index is 12.5. The number of rotatable bonds is 5. The molecule has 1 aliphatic rings. The van der Waals surface area contributed by atoms with Gasteiger partial charge in [0.15, 0.2) is 0 Å². The number of nitrogens with zero attached hydrogens (tertiary/aromatic N) is 1. The first-order chi connectivity index (χ1) is 10.7. The number of piperidine rings is 1. The van der Waals surface area contributed by atoms with E-state index in [0.29, 0.717) is 12.8 Å². The van der Waals surface area contributed by atoms with Crippen LogP contribution in [0.15, 0.2) is 29.2 Å². The molecule has 9 heteroatoms. The third-order valence-electron chi connectivity index (χ3n) is 3.94. The molecule has 1 N–H and O–H groups in total. The highest BCUT2D eigenvalue weighted by Crippen LogP contribution is 2.29. The van der Waals surface area contributed by atoms with Gasteiger partial charge in [0, 0.05) is 6.04 Å². The quantitative estimate of drug-likeness (QED) is 0.844. The Labute approximate surface area is 146 Å². The Morgan fingerprint density at radius 2 is 1.71 bits per heavy atom. The molecule has 1 fully saturated rings. The third-order valence-corrected chi connectivity index (χ3v) is 5.48. The molecule has 4 nitrogen and oxygen atoms in total. The van der Waals surface area contributed by atoms with Crippen molar-refractivity contribution in [3.05, 3.63) is 29.8 Å². The summed E-state index contributed by atoms with van der Waals surface area (Å²) in [5.41, 5.74) is -0.857. The van der Waals surface area contributed by atoms with E-state index in [1.54, 1.807) is 0 Å². The van der Waals surface area contributed by atoms with E-state index in [-0.39, 0.29) is 23.3 Å². The van der Waals surface area contributed by atoms with E-state index in [9.17, 15) is 21.6 Å². The zero-order chi connectivity index (χ0) is 17.1. The highest BCUT2D eigenvalue weighted by molar-refractivity contribution is 7.89. The molecule has 1 heterocycles. The van der Waals surface area contributed by atoms with E-state index in [1.807, 2.05) is 0 Å². The minimum absolute atomic E-state index is 0. The molecule has 0 aliphatic carbocycles. The van der Waals surface area contributed by atoms with Crippen LogP contribution in [0.3, 0.4) is 0 Å². The van der Waals surface area contributed by atoms with Crippen molar-refractivity contribution in [1.82, 2.24) is 9.62 Å². The van der Waals surface area contributed by atoms with Crippen molar-refractivity contribution < 1.29 is 21.6 Å². The molecule has 1 aromatic rings. The van der Waals surface area contributed by atoms with Crippen LogP contribution in [0, 0.1) is 0 Å². The molecule has 0 unspecified atom stereocenters. The van der Waals surface area contributed by atoms with E-state index in [1.165, 1.54) is 0 Å². The fourth-order valence-electron chi connectivity index (χ4n) is 2.70. The van der Waals surface area contributed by atoms with Crippen molar-refractivity contribution in [2.24, 2.45) is 0 Å². The van der Waals surface area contributed by atoms with Crippen molar-refractivity contribution in [1.29, 1.82) is 0 Å². The SMILES string of the molecule is CCCN1CCC(NS(=O)(=O)c2ccc(C(F)(F)F)cc2)CC1.Cl. The van der Waals surface area contributed by atoms with Crippen LogP contribution in [0.4, 0.5) is 13.2 Å². The van der Waals surface area contributed by atoms with Gasteiger partial charge in [0.2, 0.25) is 10.0 Å². The lowest BCUT2D eigenvalue weighted by Gasteiger charge is -2.31. The molecule has 1 aliphatic heterocycles. The molecule has 138 valence electrons. The van der Waals surface area contributed by atoms with Crippen molar-refractivity contribution in [3.63, 3.8) is 0 Å². The van der Waals surface area contributed by atoms with E-state index in [0.717, 1.165) is 50.3 Å². The first-order valence-electron chi connectivity index (χ1n) is 7.64. The first-order valence-corrected chi connectivity index (χ1v) is 9.12. The Morgan fingerprint density at radius 1 is 1.17 bits per heavy atom. The van der Waals surface area contributed by atoms with Gasteiger partial charge in [0.1, 0.15) is 0 Å². The van der Waals surface area contributed by atoms with Crippen LogP contribution in [0.5, 0.6) is 0 Å². The topological polar surface area (TPSA) is 49.4 Å². The largest absolute Gasteiger partial charge is 0.416 e. The van der Waals surface area contributed by atoms with Gasteiger partial charge in [0.25, 0.3) is 0 Å². The fraction of sp³-hybridized carbons (Fsp3) is 0.600. The second-order valence-corrected chi connectivity index (χ2v) is 7.47. The Bertz CT molecular complexity index is 613. The number of likely N-dealkylation sites (tertiary alicyclic amines) is 1. The van der Waals surface area contributed by atoms with Crippen LogP contribution in [-0.4, -0.2) is 39.0 Å². The molecule has 0 aromatic heterocycles. The third kappa shape index (κ3) is 5.61. The summed E-state index contributed by atoms with van der Waals surface area (Å²) in [7, 11) is -3.79. The summed E-state index contributed by atoms with van der Waals surface area (Å²) in [4.78, 5) is 2.14. The average molecular weight is 387 g/mol. The second kappa shape index (κ2) is 8.51. The molecule has 0 bridgehead atoms. The van der Waals surface area contributed by atoms with E-state index in [4.69, 9.17) is 0 Å². The number of halogens is 4. The molecule has 0 amide bonds. The molecule has 1 saturated heterocycles. The van der Waals surface area contributed by atoms with Crippen LogP contribution in [0.1, 0.15) is 31.7 Å². The minimum atomic E-state index is -4.47. The molecule has 0 atom stereocenters. The van der Waals surface area contributed by atoms with Gasteiger partial charge in [0.05, 0.1) is 10.5 Å². The fourth-order valence-corrected chi connectivity index (χ4v) is 4.01. The van der Waals surface area contributed by atoms with Crippen LogP contribution in [0.25, 0.3) is 0 Å². The molecule has 0 radical (unpaired) electrons. The standard InChI is InChI=1S/C15H21F3N2O2S.ClH/c1-2-9-20-10-7-13(8-11-20)19-23(21,22)14-5-3-12(4-6-14)15(16,17)18;/h3-6,13,19H,2,7-11H2,1H3;1H. The zero-order valence-electron chi connectivity index (χ0n) is 13.3. The number of hydrogen-bond acceptors (Lipinski definition) is 3. The molecular formula is C15H22ClF3N2O2S. The summed E-state index contributed by atoms with van der Waals surface area (Å²) < 4.78 is 64.7. The maximum Gasteiger partial charge on any atom is 0.416 e. The summed E-state index contributed by atoms with van der Waals surface area (Å²) in [5, 5.41) is 0. The van der Waals surface area contributed by atoms with Gasteiger partial charge in [-0.3, -0.25) is 0 Å². The van der Waals surface area contributed by atoms with Gasteiger partial charge in [-0.25, -0.2) is 13.1 Å². The predicted molar refractivity (Wildman–Crippen MR) is 88.8 cm³/mol. The Balaban J connectivity index is 0.00000288. The molecule has 2 rings (SSSR count). The number of nitrogens with one attached hydrogen (secondary N) is 1. The van der Waals surface area contributed by atoms with E-state index >= 15 is 0 Å². The van der Waals surface area contributed by atoms with Crippen molar-refractivity contribution >= 4 is 22.4 Å². The zero-order valence-corrected chi connectivity index (χ0v) is 15.0. The van der Waals surface area contributed by atoms with Gasteiger partial charge in [-0.2, -0.15) is 13.2 Å². The Morgan fingerprint density at radius 3 is 2.17 bits per heavy atom. The monoisotopic (exact) mass is 386 g/mol. The van der Waals surface area contributed by atoms with Gasteiger partial charge in [-0.15, -0.1) is 12.4 Å². The van der Waals surface area contributed by atoms with Gasteiger partial charge < -0.3 is 4.90 Å². The molecule has 0 spiro atoms. The first kappa shape index (κ1) is 21.2. The van der Waals surface area contributed by atoms with Crippen molar-refractivity contribution in [3.8, 4) is 0 Å². The van der Waals surface area contributed by atoms with Crippen molar-refractivity contribution in [2.75, 3.05) is 19.6 Å². The summed E-state index contributed by atoms with van der Waals surface area (Å²) in [5.74, 6) is 0. The van der Waals surface area contributed by atoms with Crippen molar-refractivity contribution in [2.45, 2.75) is 43.3 Å². The Kier molecular flexibility index (Phi) is 7.52. The Hall–Kier alpha value is -0.830. The van der Waals surface area contributed by atoms with Crippen LogP contribution in [0.2, 0.25) is 0 Å². The molecular weight excluding hydrogens is 365 g/mol. The summed E-state index contributed by atoms with van der Waals surface area (Å²) in [6.07, 6.45) is -2.00. The second-order valence-electron chi connectivity index (χ2n) is 5.76. The van der Waals surface area contributed by atoms with Gasteiger partial charge in [-0.1, -0.05) is 6.92 Å². The van der Waals surface area contributed by atoms with Crippen LogP contribution in [-0.2, 0) is 16.2 Å². The number of benzene rings is 1. The van der Waals surface area contributed by atoms with Crippen LogP contribution < -0.4 is 4.72 Å². The molecule has 1 aromatic carbocycles.